The Morgan fingerprint density at radius 1 is 0.952 bits per heavy atom. The van der Waals surface area contributed by atoms with Gasteiger partial charge >= 0.3 is 0 Å². The number of amides is 1. The molecule has 7 rings (SSSR count). The maximum absolute atomic E-state index is 14.8. The van der Waals surface area contributed by atoms with E-state index < -0.39 is 23.4 Å². The van der Waals surface area contributed by atoms with Crippen LogP contribution >= 0.6 is 0 Å². The molecule has 1 fully saturated rings. The number of ether oxygens (including phenoxy) is 1. The first kappa shape index (κ1) is 25.7. The van der Waals surface area contributed by atoms with Crippen LogP contribution in [0.5, 0.6) is 5.75 Å². The molecule has 42 heavy (non-hydrogen) atoms. The molecule has 0 aliphatic carbocycles. The van der Waals surface area contributed by atoms with E-state index in [0.717, 1.165) is 11.1 Å². The number of carbonyl (C=O) groups excluding carboxylic acids is 3. The molecule has 206 valence electrons. The van der Waals surface area contributed by atoms with Crippen molar-refractivity contribution >= 4 is 29.2 Å². The summed E-state index contributed by atoms with van der Waals surface area (Å²) >= 11 is 0. The number of nitrogens with zero attached hydrogens (tertiary/aromatic N) is 2. The minimum Gasteiger partial charge on any atom is -0.490 e. The van der Waals surface area contributed by atoms with Gasteiger partial charge in [-0.3, -0.25) is 19.4 Å². The van der Waals surface area contributed by atoms with Gasteiger partial charge in [-0.25, -0.2) is 0 Å². The van der Waals surface area contributed by atoms with Crippen LogP contribution in [-0.2, 0) is 10.2 Å². The maximum Gasteiger partial charge on any atom is 0.238 e. The zero-order chi connectivity index (χ0) is 28.8. The van der Waals surface area contributed by atoms with Crippen molar-refractivity contribution in [2.24, 2.45) is 5.92 Å². The molecular weight excluding hydrogens is 526 g/mol. The molecule has 1 saturated heterocycles. The molecule has 4 aromatic rings. The molecule has 1 N–H and O–H groups in total. The third-order valence-electron chi connectivity index (χ3n) is 8.55. The Morgan fingerprint density at radius 2 is 1.71 bits per heavy atom. The monoisotopic (exact) mass is 553 g/mol. The predicted molar refractivity (Wildman–Crippen MR) is 159 cm³/mol. The molecule has 1 amide bonds. The second-order valence-electron chi connectivity index (χ2n) is 10.7. The lowest BCUT2D eigenvalue weighted by Crippen LogP contribution is -2.49. The van der Waals surface area contributed by atoms with E-state index in [1.54, 1.807) is 54.7 Å². The summed E-state index contributed by atoms with van der Waals surface area (Å²) in [6, 6.07) is 25.7. The molecule has 3 aromatic carbocycles. The van der Waals surface area contributed by atoms with Crippen LogP contribution in [0.2, 0.25) is 0 Å². The van der Waals surface area contributed by atoms with E-state index in [-0.39, 0.29) is 23.2 Å². The zero-order valence-electron chi connectivity index (χ0n) is 22.6. The summed E-state index contributed by atoms with van der Waals surface area (Å²) in [6.07, 6.45) is 7.00. The molecule has 4 atom stereocenters. The number of pyridine rings is 1. The average molecular weight is 554 g/mol. The van der Waals surface area contributed by atoms with Gasteiger partial charge in [0.15, 0.2) is 5.78 Å². The van der Waals surface area contributed by atoms with E-state index >= 15 is 0 Å². The van der Waals surface area contributed by atoms with E-state index in [9.17, 15) is 14.4 Å². The minimum absolute atomic E-state index is 0.239. The lowest BCUT2D eigenvalue weighted by molar-refractivity contribution is -0.122. The summed E-state index contributed by atoms with van der Waals surface area (Å²) in [7, 11) is 0. The third-order valence-corrected chi connectivity index (χ3v) is 8.55. The van der Waals surface area contributed by atoms with E-state index in [2.05, 4.69) is 16.9 Å². The number of carbonyl (C=O) groups is 3. The van der Waals surface area contributed by atoms with Crippen LogP contribution in [0.4, 0.5) is 5.69 Å². The zero-order valence-corrected chi connectivity index (χ0v) is 22.6. The second-order valence-corrected chi connectivity index (χ2v) is 10.7. The Kier molecular flexibility index (Phi) is 6.08. The molecule has 7 nitrogen and oxygen atoms in total. The summed E-state index contributed by atoms with van der Waals surface area (Å²) in [4.78, 5) is 50.0. The van der Waals surface area contributed by atoms with Gasteiger partial charge in [-0.05, 0) is 65.2 Å². The number of anilines is 1. The van der Waals surface area contributed by atoms with Crippen molar-refractivity contribution in [1.82, 2.24) is 9.88 Å². The second kappa shape index (κ2) is 9.96. The largest absolute Gasteiger partial charge is 0.490 e. The fourth-order valence-electron chi connectivity index (χ4n) is 6.88. The first-order valence-corrected chi connectivity index (χ1v) is 13.8. The number of nitrogens with one attached hydrogen (secondary N) is 1. The maximum atomic E-state index is 14.8. The van der Waals surface area contributed by atoms with Gasteiger partial charge in [-0.2, -0.15) is 0 Å². The van der Waals surface area contributed by atoms with Gasteiger partial charge in [0.25, 0.3) is 0 Å². The van der Waals surface area contributed by atoms with Crippen LogP contribution in [0.1, 0.15) is 43.6 Å². The van der Waals surface area contributed by atoms with E-state index in [4.69, 9.17) is 4.74 Å². The molecule has 4 unspecified atom stereocenters. The van der Waals surface area contributed by atoms with Crippen LogP contribution in [0.15, 0.2) is 116 Å². The first-order chi connectivity index (χ1) is 20.6. The number of aromatic nitrogens is 1. The smallest absolute Gasteiger partial charge is 0.238 e. The Hall–Kier alpha value is -5.30. The van der Waals surface area contributed by atoms with Gasteiger partial charge in [0.2, 0.25) is 11.7 Å². The molecule has 0 radical (unpaired) electrons. The molecular formula is C35H27N3O4. The summed E-state index contributed by atoms with van der Waals surface area (Å²) in [5, 5.41) is 3.06. The number of fused-ring (bicyclic) bond motifs is 6. The molecule has 7 heteroatoms. The minimum atomic E-state index is -1.39. The number of para-hydroxylation sites is 1. The van der Waals surface area contributed by atoms with E-state index in [1.165, 1.54) is 0 Å². The number of Topliss-reactive ketones (excluding diaryl/α,β-unsaturated/α-hetero) is 2. The lowest BCUT2D eigenvalue weighted by atomic mass is 9.62. The summed E-state index contributed by atoms with van der Waals surface area (Å²) in [5.41, 5.74) is 2.41. The van der Waals surface area contributed by atoms with Gasteiger partial charge in [0, 0.05) is 23.6 Å². The highest BCUT2D eigenvalue weighted by molar-refractivity contribution is 6.16. The van der Waals surface area contributed by atoms with Crippen LogP contribution in [-0.4, -0.2) is 40.0 Å². The van der Waals surface area contributed by atoms with Crippen LogP contribution < -0.4 is 10.1 Å². The van der Waals surface area contributed by atoms with Gasteiger partial charge in [-0.1, -0.05) is 61.2 Å². The summed E-state index contributed by atoms with van der Waals surface area (Å²) in [5.74, 6) is -1.39. The highest BCUT2D eigenvalue weighted by Crippen LogP contribution is 2.62. The summed E-state index contributed by atoms with van der Waals surface area (Å²) < 4.78 is 5.63. The highest BCUT2D eigenvalue weighted by Gasteiger charge is 2.70. The van der Waals surface area contributed by atoms with E-state index in [0.29, 0.717) is 29.2 Å². The number of hydrogen-bond acceptors (Lipinski definition) is 6. The Balaban J connectivity index is 1.48. The Labute approximate surface area is 243 Å². The fourth-order valence-corrected chi connectivity index (χ4v) is 6.88. The van der Waals surface area contributed by atoms with Gasteiger partial charge in [0.05, 0.1) is 12.0 Å². The van der Waals surface area contributed by atoms with Gasteiger partial charge in [-0.15, -0.1) is 0 Å². The number of benzene rings is 3. The average Bonchev–Trinajstić information content (AvgIpc) is 3.52. The van der Waals surface area contributed by atoms with Crippen molar-refractivity contribution in [2.75, 3.05) is 11.9 Å². The molecule has 1 spiro atoms. The standard InChI is InChI=1S/C35H27N3O4/c1-2-21-42-24-16-14-23(15-17-24)31(39)29-30(32(40)28-13-7-8-19-36-28)38-20-18-22-9-3-4-10-25(22)33(38)35(29)26-11-5-6-12-27(26)37-34(35)41/h2-20,29-30,33H,1,21H2,(H,37,41). The Bertz CT molecular complexity index is 1760. The quantitative estimate of drug-likeness (QED) is 0.236. The summed E-state index contributed by atoms with van der Waals surface area (Å²) in [6.45, 7) is 4.01. The topological polar surface area (TPSA) is 88.6 Å². The van der Waals surface area contributed by atoms with Crippen molar-refractivity contribution in [2.45, 2.75) is 17.5 Å². The number of hydrogen-bond donors (Lipinski definition) is 1. The number of ketones is 2. The van der Waals surface area contributed by atoms with Crippen LogP contribution in [0.3, 0.4) is 0 Å². The van der Waals surface area contributed by atoms with Gasteiger partial charge in [0.1, 0.15) is 29.5 Å². The SMILES string of the molecule is C=CCOc1ccc(C(=O)C2C(C(=O)c3ccccn3)N3C=Cc4ccccc4C3C23C(=O)Nc2ccccc23)cc1. The fraction of sp³-hybridized carbons (Fsp3) is 0.143. The van der Waals surface area contributed by atoms with Gasteiger partial charge < -0.3 is 15.0 Å². The highest BCUT2D eigenvalue weighted by atomic mass is 16.5. The van der Waals surface area contributed by atoms with Crippen LogP contribution in [0.25, 0.3) is 6.08 Å². The molecule has 0 saturated carbocycles. The van der Waals surface area contributed by atoms with Crippen molar-refractivity contribution in [1.29, 1.82) is 0 Å². The molecule has 3 aliphatic heterocycles. The molecule has 3 aliphatic rings. The van der Waals surface area contributed by atoms with Crippen molar-refractivity contribution in [3.63, 3.8) is 0 Å². The third kappa shape index (κ3) is 3.66. The number of rotatable bonds is 7. The van der Waals surface area contributed by atoms with Crippen LogP contribution in [0, 0.1) is 5.92 Å². The molecule has 4 heterocycles. The lowest BCUT2D eigenvalue weighted by Gasteiger charge is -2.38. The molecule has 0 bridgehead atoms. The normalized spacial score (nSPS) is 23.1. The van der Waals surface area contributed by atoms with Crippen molar-refractivity contribution in [3.8, 4) is 5.75 Å². The molecule has 1 aromatic heterocycles. The Morgan fingerprint density at radius 3 is 2.50 bits per heavy atom. The van der Waals surface area contributed by atoms with Crippen molar-refractivity contribution < 1.29 is 19.1 Å². The predicted octanol–water partition coefficient (Wildman–Crippen LogP) is 5.63. The first-order valence-electron chi connectivity index (χ1n) is 13.8. The van der Waals surface area contributed by atoms with E-state index in [1.807, 2.05) is 65.7 Å². The van der Waals surface area contributed by atoms with Crippen molar-refractivity contribution in [3.05, 3.63) is 144 Å².